The molecule has 258 valence electrons. The Morgan fingerprint density at radius 1 is 0.345 bits per heavy atom. The standard InChI is InChI=1S/C52H34N2O/c1-3-13-35(14-4-1)37-15-11-18-40(33-37)53(41-29-31-49-47(34-41)44-19-7-9-23-48(44)54(49)38-16-5-2-6-17-38)39-27-25-36(26-28-39)42-21-12-22-45-43(42)30-32-51-52(45)46-20-8-10-24-50(46)55-51/h1-34H. The molecule has 2 aromatic heterocycles. The lowest BCUT2D eigenvalue weighted by atomic mass is 9.95. The van der Waals surface area contributed by atoms with Gasteiger partial charge >= 0.3 is 0 Å². The van der Waals surface area contributed by atoms with Crippen LogP contribution in [-0.4, -0.2) is 4.57 Å². The quantitative estimate of drug-likeness (QED) is 0.172. The Labute approximate surface area is 318 Å². The molecule has 0 aliphatic carbocycles. The molecule has 9 aromatic carbocycles. The second kappa shape index (κ2) is 12.6. The molecule has 0 aliphatic heterocycles. The largest absolute Gasteiger partial charge is 0.456 e. The van der Waals surface area contributed by atoms with Crippen LogP contribution in [0.3, 0.4) is 0 Å². The van der Waals surface area contributed by atoms with E-state index in [0.29, 0.717) is 0 Å². The van der Waals surface area contributed by atoms with Crippen LogP contribution in [0.1, 0.15) is 0 Å². The fourth-order valence-corrected chi connectivity index (χ4v) is 8.48. The molecule has 0 atom stereocenters. The molecule has 0 saturated heterocycles. The van der Waals surface area contributed by atoms with Gasteiger partial charge in [0.25, 0.3) is 0 Å². The number of fused-ring (bicyclic) bond motifs is 8. The maximum Gasteiger partial charge on any atom is 0.136 e. The van der Waals surface area contributed by atoms with E-state index in [4.69, 9.17) is 4.42 Å². The minimum atomic E-state index is 0.915. The Kier molecular flexibility index (Phi) is 7.17. The summed E-state index contributed by atoms with van der Waals surface area (Å²) in [5, 5.41) is 7.17. The number of furan rings is 1. The number of benzene rings is 9. The van der Waals surface area contributed by atoms with Crippen LogP contribution in [0.4, 0.5) is 17.1 Å². The number of para-hydroxylation sites is 3. The third-order valence-corrected chi connectivity index (χ3v) is 11.0. The average molecular weight is 703 g/mol. The van der Waals surface area contributed by atoms with Crippen LogP contribution in [0.5, 0.6) is 0 Å². The summed E-state index contributed by atoms with van der Waals surface area (Å²) in [6.45, 7) is 0. The van der Waals surface area contributed by atoms with E-state index in [1.807, 2.05) is 12.1 Å². The van der Waals surface area contributed by atoms with Crippen molar-refractivity contribution in [3.8, 4) is 27.9 Å². The fourth-order valence-electron chi connectivity index (χ4n) is 8.48. The Balaban J connectivity index is 1.08. The van der Waals surface area contributed by atoms with Gasteiger partial charge in [-0.25, -0.2) is 0 Å². The van der Waals surface area contributed by atoms with Crippen LogP contribution in [0.25, 0.3) is 82.5 Å². The summed E-state index contributed by atoms with van der Waals surface area (Å²) in [4.78, 5) is 2.38. The molecule has 3 nitrogen and oxygen atoms in total. The van der Waals surface area contributed by atoms with Gasteiger partial charge in [0.15, 0.2) is 0 Å². The van der Waals surface area contributed by atoms with Gasteiger partial charge < -0.3 is 13.9 Å². The smallest absolute Gasteiger partial charge is 0.136 e. The summed E-state index contributed by atoms with van der Waals surface area (Å²) < 4.78 is 8.61. The number of aromatic nitrogens is 1. The van der Waals surface area contributed by atoms with Gasteiger partial charge in [0.1, 0.15) is 11.2 Å². The first-order valence-electron chi connectivity index (χ1n) is 18.8. The molecule has 55 heavy (non-hydrogen) atoms. The van der Waals surface area contributed by atoms with Crippen molar-refractivity contribution in [3.63, 3.8) is 0 Å². The molecule has 0 N–H and O–H groups in total. The summed E-state index contributed by atoms with van der Waals surface area (Å²) >= 11 is 0. The molecule has 0 saturated carbocycles. The van der Waals surface area contributed by atoms with E-state index in [0.717, 1.165) is 39.3 Å². The Morgan fingerprint density at radius 2 is 1.00 bits per heavy atom. The zero-order valence-electron chi connectivity index (χ0n) is 29.9. The maximum atomic E-state index is 6.24. The highest BCUT2D eigenvalue weighted by molar-refractivity contribution is 6.21. The first-order valence-corrected chi connectivity index (χ1v) is 18.8. The molecule has 0 amide bonds. The summed E-state index contributed by atoms with van der Waals surface area (Å²) in [5.74, 6) is 0. The van der Waals surface area contributed by atoms with Crippen molar-refractivity contribution in [2.75, 3.05) is 4.90 Å². The second-order valence-electron chi connectivity index (χ2n) is 14.1. The van der Waals surface area contributed by atoms with E-state index in [2.05, 4.69) is 204 Å². The first-order chi connectivity index (χ1) is 27.3. The number of hydrogen-bond donors (Lipinski definition) is 0. The molecule has 2 heterocycles. The van der Waals surface area contributed by atoms with Crippen LogP contribution in [-0.2, 0) is 0 Å². The Hall–Kier alpha value is -7.36. The third kappa shape index (κ3) is 5.13. The van der Waals surface area contributed by atoms with Gasteiger partial charge in [-0.2, -0.15) is 0 Å². The van der Waals surface area contributed by atoms with Gasteiger partial charge in [-0.05, 0) is 106 Å². The normalized spacial score (nSPS) is 11.6. The molecular weight excluding hydrogens is 669 g/mol. The molecule has 0 aliphatic rings. The lowest BCUT2D eigenvalue weighted by molar-refractivity contribution is 0.669. The van der Waals surface area contributed by atoms with Gasteiger partial charge in [0.05, 0.1) is 11.0 Å². The van der Waals surface area contributed by atoms with Gasteiger partial charge in [-0.3, -0.25) is 0 Å². The summed E-state index contributed by atoms with van der Waals surface area (Å²) in [6, 6.07) is 74.0. The molecule has 11 aromatic rings. The SMILES string of the molecule is c1ccc(-c2cccc(N(c3ccc(-c4cccc5c4ccc4oc6ccccc6c45)cc3)c3ccc4c(c3)c3ccccc3n4-c3ccccc3)c2)cc1. The molecule has 0 fully saturated rings. The van der Waals surface area contributed by atoms with E-state index >= 15 is 0 Å². The summed E-state index contributed by atoms with van der Waals surface area (Å²) in [6.07, 6.45) is 0. The van der Waals surface area contributed by atoms with Crippen molar-refractivity contribution >= 4 is 71.6 Å². The van der Waals surface area contributed by atoms with Crippen LogP contribution < -0.4 is 4.90 Å². The fraction of sp³-hybridized carbons (Fsp3) is 0. The van der Waals surface area contributed by atoms with E-state index < -0.39 is 0 Å². The van der Waals surface area contributed by atoms with Gasteiger partial charge in [-0.1, -0.05) is 133 Å². The summed E-state index contributed by atoms with van der Waals surface area (Å²) in [5.41, 5.74) is 13.4. The molecule has 3 heteroatoms. The number of hydrogen-bond acceptors (Lipinski definition) is 2. The highest BCUT2D eigenvalue weighted by Gasteiger charge is 2.19. The van der Waals surface area contributed by atoms with Gasteiger partial charge in [0.2, 0.25) is 0 Å². The van der Waals surface area contributed by atoms with Crippen molar-refractivity contribution < 1.29 is 4.42 Å². The van der Waals surface area contributed by atoms with Crippen molar-refractivity contribution in [2.45, 2.75) is 0 Å². The lowest BCUT2D eigenvalue weighted by Gasteiger charge is -2.26. The Morgan fingerprint density at radius 3 is 1.85 bits per heavy atom. The van der Waals surface area contributed by atoms with Crippen LogP contribution in [0.15, 0.2) is 211 Å². The molecule has 0 bridgehead atoms. The molecule has 11 rings (SSSR count). The van der Waals surface area contributed by atoms with Gasteiger partial charge in [-0.15, -0.1) is 0 Å². The second-order valence-corrected chi connectivity index (χ2v) is 14.1. The van der Waals surface area contributed by atoms with Crippen LogP contribution in [0.2, 0.25) is 0 Å². The van der Waals surface area contributed by atoms with Crippen LogP contribution >= 0.6 is 0 Å². The third-order valence-electron chi connectivity index (χ3n) is 11.0. The lowest BCUT2D eigenvalue weighted by Crippen LogP contribution is -2.10. The van der Waals surface area contributed by atoms with Crippen molar-refractivity contribution in [1.82, 2.24) is 4.57 Å². The maximum absolute atomic E-state index is 6.24. The van der Waals surface area contributed by atoms with E-state index in [1.54, 1.807) is 0 Å². The van der Waals surface area contributed by atoms with E-state index in [1.165, 1.54) is 60.2 Å². The monoisotopic (exact) mass is 702 g/mol. The van der Waals surface area contributed by atoms with Crippen molar-refractivity contribution in [2.24, 2.45) is 0 Å². The topological polar surface area (TPSA) is 21.3 Å². The predicted molar refractivity (Wildman–Crippen MR) is 231 cm³/mol. The predicted octanol–water partition coefficient (Wildman–Crippen LogP) is 14.6. The van der Waals surface area contributed by atoms with Gasteiger partial charge in [0, 0.05) is 44.3 Å². The number of rotatable bonds is 6. The molecule has 0 spiro atoms. The minimum Gasteiger partial charge on any atom is -0.456 e. The van der Waals surface area contributed by atoms with Crippen LogP contribution in [0, 0.1) is 0 Å². The Bertz CT molecular complexity index is 3190. The minimum absolute atomic E-state index is 0.915. The highest BCUT2D eigenvalue weighted by Crippen LogP contribution is 2.43. The zero-order valence-corrected chi connectivity index (χ0v) is 29.9. The zero-order chi connectivity index (χ0) is 36.3. The molecule has 0 unspecified atom stereocenters. The number of nitrogens with zero attached hydrogens (tertiary/aromatic N) is 2. The number of anilines is 3. The molecular formula is C52H34N2O. The average Bonchev–Trinajstić information content (AvgIpc) is 3.81. The van der Waals surface area contributed by atoms with E-state index in [9.17, 15) is 0 Å². The highest BCUT2D eigenvalue weighted by atomic mass is 16.3. The molecule has 0 radical (unpaired) electrons. The van der Waals surface area contributed by atoms with Crippen molar-refractivity contribution in [3.05, 3.63) is 206 Å². The van der Waals surface area contributed by atoms with E-state index in [-0.39, 0.29) is 0 Å². The van der Waals surface area contributed by atoms with Crippen molar-refractivity contribution in [1.29, 1.82) is 0 Å². The first kappa shape index (κ1) is 31.2. The summed E-state index contributed by atoms with van der Waals surface area (Å²) in [7, 11) is 0.